The Labute approximate surface area is 141 Å². The lowest BCUT2D eigenvalue weighted by Gasteiger charge is -2.26. The monoisotopic (exact) mass is 352 g/mol. The number of carbonyl (C=O) groups is 1. The molecule has 25 heavy (non-hydrogen) atoms. The van der Waals surface area contributed by atoms with E-state index in [0.29, 0.717) is 11.5 Å². The lowest BCUT2D eigenvalue weighted by atomic mass is 10.2. The fourth-order valence-corrected chi connectivity index (χ4v) is 2.32. The van der Waals surface area contributed by atoms with Crippen LogP contribution in [0.25, 0.3) is 0 Å². The number of alkyl halides is 3. The van der Waals surface area contributed by atoms with Crippen molar-refractivity contribution in [3.05, 3.63) is 54.1 Å². The van der Waals surface area contributed by atoms with E-state index in [-0.39, 0.29) is 24.9 Å². The summed E-state index contributed by atoms with van der Waals surface area (Å²) in [6.45, 7) is 0.417. The van der Waals surface area contributed by atoms with Crippen LogP contribution >= 0.6 is 0 Å². The molecule has 0 radical (unpaired) electrons. The summed E-state index contributed by atoms with van der Waals surface area (Å²) in [5.74, 6) is 1.21. The van der Waals surface area contributed by atoms with Crippen molar-refractivity contribution in [3.63, 3.8) is 0 Å². The number of amides is 2. The quantitative estimate of drug-likeness (QED) is 0.886. The van der Waals surface area contributed by atoms with Gasteiger partial charge in [-0.1, -0.05) is 18.2 Å². The predicted molar refractivity (Wildman–Crippen MR) is 84.8 cm³/mol. The number of rotatable bonds is 3. The Morgan fingerprint density at radius 1 is 1.12 bits per heavy atom. The molecule has 0 fully saturated rings. The van der Waals surface area contributed by atoms with Crippen molar-refractivity contribution in [3.8, 4) is 11.5 Å². The van der Waals surface area contributed by atoms with Gasteiger partial charge in [-0.2, -0.15) is 13.2 Å². The van der Waals surface area contributed by atoms with Gasteiger partial charge in [0.15, 0.2) is 17.6 Å². The number of hydrogen-bond acceptors (Lipinski definition) is 3. The molecule has 0 aromatic heterocycles. The van der Waals surface area contributed by atoms with Gasteiger partial charge in [0.1, 0.15) is 6.61 Å². The highest BCUT2D eigenvalue weighted by Gasteiger charge is 2.30. The summed E-state index contributed by atoms with van der Waals surface area (Å²) in [5.41, 5.74) is -0.774. The smallest absolute Gasteiger partial charge is 0.416 e. The van der Waals surface area contributed by atoms with Gasteiger partial charge in [-0.05, 0) is 30.3 Å². The van der Waals surface area contributed by atoms with Crippen LogP contribution in [0.5, 0.6) is 11.5 Å². The third-order valence-electron chi connectivity index (χ3n) is 3.51. The third-order valence-corrected chi connectivity index (χ3v) is 3.51. The Morgan fingerprint density at radius 3 is 2.64 bits per heavy atom. The summed E-state index contributed by atoms with van der Waals surface area (Å²) >= 11 is 0. The molecule has 1 aliphatic heterocycles. The normalized spacial score (nSPS) is 16.2. The van der Waals surface area contributed by atoms with E-state index in [1.165, 1.54) is 12.1 Å². The Kier molecular flexibility index (Phi) is 4.69. The van der Waals surface area contributed by atoms with Crippen molar-refractivity contribution in [2.24, 2.45) is 0 Å². The number of ether oxygens (including phenoxy) is 2. The zero-order valence-electron chi connectivity index (χ0n) is 13.0. The minimum Gasteiger partial charge on any atom is -0.486 e. The maximum absolute atomic E-state index is 12.7. The average molecular weight is 352 g/mol. The van der Waals surface area contributed by atoms with Crippen LogP contribution in [0.4, 0.5) is 23.7 Å². The first-order chi connectivity index (χ1) is 11.9. The summed E-state index contributed by atoms with van der Waals surface area (Å²) in [4.78, 5) is 11.9. The van der Waals surface area contributed by atoms with Crippen molar-refractivity contribution in [2.45, 2.75) is 12.3 Å². The summed E-state index contributed by atoms with van der Waals surface area (Å²) in [6, 6.07) is 11.0. The number of fused-ring (bicyclic) bond motifs is 1. The van der Waals surface area contributed by atoms with E-state index in [0.717, 1.165) is 12.1 Å². The van der Waals surface area contributed by atoms with E-state index in [4.69, 9.17) is 9.47 Å². The van der Waals surface area contributed by atoms with Gasteiger partial charge in [0, 0.05) is 5.69 Å². The molecule has 0 spiro atoms. The van der Waals surface area contributed by atoms with Crippen LogP contribution in [-0.2, 0) is 6.18 Å². The number of anilines is 1. The molecule has 132 valence electrons. The van der Waals surface area contributed by atoms with E-state index in [2.05, 4.69) is 10.6 Å². The van der Waals surface area contributed by atoms with E-state index in [9.17, 15) is 18.0 Å². The summed E-state index contributed by atoms with van der Waals surface area (Å²) < 4.78 is 49.2. The molecule has 0 unspecified atom stereocenters. The molecule has 1 heterocycles. The van der Waals surface area contributed by atoms with E-state index in [1.54, 1.807) is 18.2 Å². The number of urea groups is 1. The van der Waals surface area contributed by atoms with Crippen LogP contribution in [0.1, 0.15) is 5.56 Å². The molecule has 3 rings (SSSR count). The second-order valence-corrected chi connectivity index (χ2v) is 5.41. The van der Waals surface area contributed by atoms with Gasteiger partial charge in [-0.25, -0.2) is 4.79 Å². The van der Waals surface area contributed by atoms with Crippen LogP contribution in [0.2, 0.25) is 0 Å². The topological polar surface area (TPSA) is 59.6 Å². The largest absolute Gasteiger partial charge is 0.486 e. The molecule has 2 amide bonds. The molecule has 0 bridgehead atoms. The van der Waals surface area contributed by atoms with Gasteiger partial charge in [0.05, 0.1) is 12.1 Å². The molecular formula is C17H15F3N2O3. The molecule has 0 saturated heterocycles. The number of benzene rings is 2. The minimum absolute atomic E-state index is 0.0542. The molecule has 2 N–H and O–H groups in total. The second kappa shape index (κ2) is 6.92. The Balaban J connectivity index is 1.52. The first-order valence-corrected chi connectivity index (χ1v) is 7.52. The number of halogens is 3. The zero-order chi connectivity index (χ0) is 17.9. The summed E-state index contributed by atoms with van der Waals surface area (Å²) in [6.07, 6.45) is -4.85. The van der Waals surface area contributed by atoms with Crippen molar-refractivity contribution >= 4 is 11.7 Å². The number of carbonyl (C=O) groups excluding carboxylic acids is 1. The number of hydrogen-bond donors (Lipinski definition) is 2. The van der Waals surface area contributed by atoms with Crippen molar-refractivity contribution in [1.82, 2.24) is 5.32 Å². The molecule has 8 heteroatoms. The van der Waals surface area contributed by atoms with E-state index >= 15 is 0 Å². The van der Waals surface area contributed by atoms with E-state index in [1.807, 2.05) is 6.07 Å². The van der Waals surface area contributed by atoms with Gasteiger partial charge < -0.3 is 20.1 Å². The first kappa shape index (κ1) is 16.9. The first-order valence-electron chi connectivity index (χ1n) is 7.52. The Morgan fingerprint density at radius 2 is 1.88 bits per heavy atom. The Bertz CT molecular complexity index is 765. The molecule has 2 aromatic carbocycles. The van der Waals surface area contributed by atoms with Crippen molar-refractivity contribution < 1.29 is 27.4 Å². The lowest BCUT2D eigenvalue weighted by molar-refractivity contribution is -0.137. The molecule has 0 aliphatic carbocycles. The molecular weight excluding hydrogens is 337 g/mol. The third kappa shape index (κ3) is 4.34. The standard InChI is InChI=1S/C17H15F3N2O3/c18-17(19,20)11-4-3-5-12(8-11)22-16(23)21-9-13-10-24-14-6-1-2-7-15(14)25-13/h1-8,13H,9-10H2,(H2,21,22,23)/t13-/m1/s1. The van der Waals surface area contributed by atoms with Crippen LogP contribution in [-0.4, -0.2) is 25.3 Å². The van der Waals surface area contributed by atoms with Crippen LogP contribution in [0, 0.1) is 0 Å². The fourth-order valence-electron chi connectivity index (χ4n) is 2.32. The van der Waals surface area contributed by atoms with Gasteiger partial charge >= 0.3 is 12.2 Å². The molecule has 0 saturated carbocycles. The zero-order valence-corrected chi connectivity index (χ0v) is 13.0. The van der Waals surface area contributed by atoms with Gasteiger partial charge in [0.25, 0.3) is 0 Å². The van der Waals surface area contributed by atoms with Crippen molar-refractivity contribution in [2.75, 3.05) is 18.5 Å². The maximum atomic E-state index is 12.7. The predicted octanol–water partition coefficient (Wildman–Crippen LogP) is 3.67. The highest BCUT2D eigenvalue weighted by atomic mass is 19.4. The van der Waals surface area contributed by atoms with Gasteiger partial charge in [-0.15, -0.1) is 0 Å². The molecule has 1 aliphatic rings. The fraction of sp³-hybridized carbons (Fsp3) is 0.235. The molecule has 5 nitrogen and oxygen atoms in total. The summed E-state index contributed by atoms with van der Waals surface area (Å²) in [5, 5.41) is 4.92. The average Bonchev–Trinajstić information content (AvgIpc) is 2.59. The van der Waals surface area contributed by atoms with Gasteiger partial charge in [0.2, 0.25) is 0 Å². The van der Waals surface area contributed by atoms with Crippen LogP contribution < -0.4 is 20.1 Å². The Hall–Kier alpha value is -2.90. The number of nitrogens with one attached hydrogen (secondary N) is 2. The highest BCUT2D eigenvalue weighted by Crippen LogP contribution is 2.31. The molecule has 2 aromatic rings. The van der Waals surface area contributed by atoms with Crippen LogP contribution in [0.3, 0.4) is 0 Å². The van der Waals surface area contributed by atoms with Gasteiger partial charge in [-0.3, -0.25) is 0 Å². The lowest BCUT2D eigenvalue weighted by Crippen LogP contribution is -2.42. The highest BCUT2D eigenvalue weighted by molar-refractivity contribution is 5.89. The van der Waals surface area contributed by atoms with E-state index < -0.39 is 17.8 Å². The second-order valence-electron chi connectivity index (χ2n) is 5.41. The summed E-state index contributed by atoms with van der Waals surface area (Å²) in [7, 11) is 0. The maximum Gasteiger partial charge on any atom is 0.416 e. The minimum atomic E-state index is -4.46. The number of para-hydroxylation sites is 2. The molecule has 1 atom stereocenters. The SMILES string of the molecule is O=C(NC[C@@H]1COc2ccccc2O1)Nc1cccc(C(F)(F)F)c1. The van der Waals surface area contributed by atoms with Crippen molar-refractivity contribution in [1.29, 1.82) is 0 Å². The van der Waals surface area contributed by atoms with Crippen LogP contribution in [0.15, 0.2) is 48.5 Å².